The van der Waals surface area contributed by atoms with Crippen LogP contribution in [0.15, 0.2) is 54.6 Å². The Morgan fingerprint density at radius 2 is 1.75 bits per heavy atom. The quantitative estimate of drug-likeness (QED) is 0.873. The first kappa shape index (κ1) is 13.3. The summed E-state index contributed by atoms with van der Waals surface area (Å²) in [7, 11) is 0. The van der Waals surface area contributed by atoms with Crippen LogP contribution in [0.3, 0.4) is 0 Å². The highest BCUT2D eigenvalue weighted by Gasteiger charge is 2.37. The van der Waals surface area contributed by atoms with Crippen LogP contribution < -0.4 is 5.32 Å². The molecule has 0 amide bonds. The molecule has 0 spiro atoms. The predicted octanol–water partition coefficient (Wildman–Crippen LogP) is 2.65. The van der Waals surface area contributed by atoms with E-state index in [0.717, 1.165) is 25.9 Å². The molecule has 3 rings (SSSR count). The third-order valence-electron chi connectivity index (χ3n) is 4.40. The Balaban J connectivity index is 1.69. The molecule has 2 aromatic carbocycles. The lowest BCUT2D eigenvalue weighted by Gasteiger charge is -2.28. The summed E-state index contributed by atoms with van der Waals surface area (Å²) >= 11 is 0. The molecule has 1 atom stereocenters. The Bertz CT molecular complexity index is 567. The van der Waals surface area contributed by atoms with Gasteiger partial charge in [0.15, 0.2) is 0 Å². The molecule has 1 aliphatic rings. The van der Waals surface area contributed by atoms with Crippen molar-refractivity contribution in [1.29, 1.82) is 0 Å². The fourth-order valence-corrected chi connectivity index (χ4v) is 3.21. The molecule has 20 heavy (non-hydrogen) atoms. The summed E-state index contributed by atoms with van der Waals surface area (Å²) in [5.41, 5.74) is 3.89. The van der Waals surface area contributed by atoms with Crippen molar-refractivity contribution >= 4 is 0 Å². The van der Waals surface area contributed by atoms with E-state index in [9.17, 15) is 5.11 Å². The molecule has 0 fully saturated rings. The summed E-state index contributed by atoms with van der Waals surface area (Å²) in [5, 5.41) is 13.4. The summed E-state index contributed by atoms with van der Waals surface area (Å²) in [4.78, 5) is 0. The minimum atomic E-state index is -0.106. The van der Waals surface area contributed by atoms with Crippen molar-refractivity contribution in [2.45, 2.75) is 24.8 Å². The van der Waals surface area contributed by atoms with Crippen molar-refractivity contribution in [3.05, 3.63) is 71.3 Å². The predicted molar refractivity (Wildman–Crippen MR) is 81.7 cm³/mol. The van der Waals surface area contributed by atoms with E-state index in [1.54, 1.807) is 0 Å². The summed E-state index contributed by atoms with van der Waals surface area (Å²) in [5.74, 6) is 0. The van der Waals surface area contributed by atoms with Gasteiger partial charge in [-0.15, -0.1) is 0 Å². The van der Waals surface area contributed by atoms with Gasteiger partial charge in [0.2, 0.25) is 0 Å². The number of aliphatic hydroxyl groups excluding tert-OH is 1. The number of rotatable bonds is 5. The van der Waals surface area contributed by atoms with E-state index in [2.05, 4.69) is 53.8 Å². The molecule has 1 aliphatic carbocycles. The minimum Gasteiger partial charge on any atom is -0.395 e. The highest BCUT2D eigenvalue weighted by molar-refractivity contribution is 5.40. The summed E-state index contributed by atoms with van der Waals surface area (Å²) < 4.78 is 0. The lowest BCUT2D eigenvalue weighted by molar-refractivity contribution is 0.188. The van der Waals surface area contributed by atoms with Gasteiger partial charge in [-0.3, -0.25) is 0 Å². The second kappa shape index (κ2) is 5.78. The Morgan fingerprint density at radius 3 is 2.55 bits per heavy atom. The fourth-order valence-electron chi connectivity index (χ4n) is 3.21. The van der Waals surface area contributed by atoms with Gasteiger partial charge in [-0.05, 0) is 29.5 Å². The first-order valence-electron chi connectivity index (χ1n) is 7.28. The maximum atomic E-state index is 9.92. The molecule has 0 radical (unpaired) electrons. The normalized spacial score (nSPS) is 20.9. The van der Waals surface area contributed by atoms with E-state index in [-0.39, 0.29) is 12.0 Å². The molecule has 0 aromatic heterocycles. The van der Waals surface area contributed by atoms with Gasteiger partial charge in [-0.2, -0.15) is 0 Å². The van der Waals surface area contributed by atoms with Gasteiger partial charge < -0.3 is 10.4 Å². The SMILES string of the molecule is OC[C@@]1(CNCc2ccccc2)CCc2ccccc21. The van der Waals surface area contributed by atoms with Crippen LogP contribution in [0.4, 0.5) is 0 Å². The zero-order chi connectivity index (χ0) is 13.8. The highest BCUT2D eigenvalue weighted by Crippen LogP contribution is 2.38. The van der Waals surface area contributed by atoms with Gasteiger partial charge in [0.05, 0.1) is 6.61 Å². The first-order valence-corrected chi connectivity index (χ1v) is 7.28. The van der Waals surface area contributed by atoms with E-state index in [0.29, 0.717) is 0 Å². The molecule has 2 nitrogen and oxygen atoms in total. The summed E-state index contributed by atoms with van der Waals surface area (Å²) in [6.45, 7) is 1.89. The third-order valence-corrected chi connectivity index (χ3v) is 4.40. The average molecular weight is 267 g/mol. The van der Waals surface area contributed by atoms with E-state index in [1.165, 1.54) is 16.7 Å². The maximum absolute atomic E-state index is 9.92. The van der Waals surface area contributed by atoms with Gasteiger partial charge in [-0.25, -0.2) is 0 Å². The number of aryl methyl sites for hydroxylation is 1. The van der Waals surface area contributed by atoms with Crippen molar-refractivity contribution in [3.63, 3.8) is 0 Å². The summed E-state index contributed by atoms with van der Waals surface area (Å²) in [6, 6.07) is 18.9. The fraction of sp³-hybridized carbons (Fsp3) is 0.333. The van der Waals surface area contributed by atoms with Crippen LogP contribution in [0.2, 0.25) is 0 Å². The topological polar surface area (TPSA) is 32.3 Å². The van der Waals surface area contributed by atoms with Crippen molar-refractivity contribution in [2.24, 2.45) is 0 Å². The minimum absolute atomic E-state index is 0.106. The van der Waals surface area contributed by atoms with Crippen molar-refractivity contribution in [2.75, 3.05) is 13.2 Å². The van der Waals surface area contributed by atoms with E-state index < -0.39 is 0 Å². The second-order valence-corrected chi connectivity index (χ2v) is 5.68. The van der Waals surface area contributed by atoms with Crippen LogP contribution in [0.1, 0.15) is 23.1 Å². The first-order chi connectivity index (χ1) is 9.84. The van der Waals surface area contributed by atoms with Gasteiger partial charge in [0.25, 0.3) is 0 Å². The van der Waals surface area contributed by atoms with Crippen LogP contribution in [0.25, 0.3) is 0 Å². The Labute approximate surface area is 120 Å². The molecule has 0 unspecified atom stereocenters. The molecule has 0 saturated carbocycles. The van der Waals surface area contributed by atoms with Crippen molar-refractivity contribution in [1.82, 2.24) is 5.32 Å². The second-order valence-electron chi connectivity index (χ2n) is 5.68. The van der Waals surface area contributed by atoms with Crippen LogP contribution in [0, 0.1) is 0 Å². The van der Waals surface area contributed by atoms with Crippen LogP contribution in [-0.2, 0) is 18.4 Å². The number of fused-ring (bicyclic) bond motifs is 1. The molecule has 2 aromatic rings. The number of nitrogens with one attached hydrogen (secondary N) is 1. The highest BCUT2D eigenvalue weighted by atomic mass is 16.3. The van der Waals surface area contributed by atoms with Gasteiger partial charge in [0, 0.05) is 18.5 Å². The largest absolute Gasteiger partial charge is 0.395 e. The van der Waals surface area contributed by atoms with Crippen LogP contribution >= 0.6 is 0 Å². The third kappa shape index (κ3) is 2.49. The maximum Gasteiger partial charge on any atom is 0.0540 e. The molecule has 0 saturated heterocycles. The lowest BCUT2D eigenvalue weighted by Crippen LogP contribution is -2.39. The van der Waals surface area contributed by atoms with Gasteiger partial charge >= 0.3 is 0 Å². The molecule has 0 heterocycles. The molecule has 104 valence electrons. The monoisotopic (exact) mass is 267 g/mol. The number of hydrogen-bond donors (Lipinski definition) is 2. The standard InChI is InChI=1S/C18H21NO/c20-14-18(11-10-16-8-4-5-9-17(16)18)13-19-12-15-6-2-1-3-7-15/h1-9,19-20H,10-14H2/t18-/m0/s1. The lowest BCUT2D eigenvalue weighted by atomic mass is 9.82. The van der Waals surface area contributed by atoms with Crippen molar-refractivity contribution < 1.29 is 5.11 Å². The average Bonchev–Trinajstić information content (AvgIpc) is 2.88. The number of hydrogen-bond acceptors (Lipinski definition) is 2. The Hall–Kier alpha value is -1.64. The van der Waals surface area contributed by atoms with E-state index >= 15 is 0 Å². The molecule has 0 bridgehead atoms. The Morgan fingerprint density at radius 1 is 1.00 bits per heavy atom. The number of benzene rings is 2. The van der Waals surface area contributed by atoms with Crippen LogP contribution in [-0.4, -0.2) is 18.3 Å². The van der Waals surface area contributed by atoms with Crippen LogP contribution in [0.5, 0.6) is 0 Å². The van der Waals surface area contributed by atoms with E-state index in [4.69, 9.17) is 0 Å². The molecular weight excluding hydrogens is 246 g/mol. The zero-order valence-electron chi connectivity index (χ0n) is 11.7. The van der Waals surface area contributed by atoms with Crippen molar-refractivity contribution in [3.8, 4) is 0 Å². The number of aliphatic hydroxyl groups is 1. The Kier molecular flexibility index (Phi) is 3.86. The van der Waals surface area contributed by atoms with Gasteiger partial charge in [-0.1, -0.05) is 54.6 Å². The molecule has 2 heteroatoms. The molecule has 0 aliphatic heterocycles. The zero-order valence-corrected chi connectivity index (χ0v) is 11.7. The summed E-state index contributed by atoms with van der Waals surface area (Å²) in [6.07, 6.45) is 2.11. The van der Waals surface area contributed by atoms with E-state index in [1.807, 2.05) is 6.07 Å². The molecule has 2 N–H and O–H groups in total. The van der Waals surface area contributed by atoms with Gasteiger partial charge in [0.1, 0.15) is 0 Å². The molecular formula is C18H21NO. The smallest absolute Gasteiger partial charge is 0.0540 e.